The topological polar surface area (TPSA) is 32.7 Å². The highest BCUT2D eigenvalue weighted by molar-refractivity contribution is 14.1. The first-order valence-electron chi connectivity index (χ1n) is 8.26. The summed E-state index contributed by atoms with van der Waals surface area (Å²) in [5.74, 6) is 0.974. The van der Waals surface area contributed by atoms with Crippen LogP contribution in [0, 0.1) is 3.57 Å². The molecule has 1 aromatic carbocycles. The van der Waals surface area contributed by atoms with Crippen molar-refractivity contribution in [3.63, 3.8) is 0 Å². The summed E-state index contributed by atoms with van der Waals surface area (Å²) in [6.45, 7) is 2.80. The maximum absolute atomic E-state index is 11.6. The molecule has 0 aliphatic heterocycles. The summed E-state index contributed by atoms with van der Waals surface area (Å²) in [7, 11) is 0. The van der Waals surface area contributed by atoms with Crippen LogP contribution in [0.15, 0.2) is 29.3 Å². The molecule has 0 N–H and O–H groups in total. The quantitative estimate of drug-likeness (QED) is 0.275. The second-order valence-corrected chi connectivity index (χ2v) is 7.19. The van der Waals surface area contributed by atoms with E-state index in [0.29, 0.717) is 12.6 Å². The molecule has 0 aromatic heterocycles. The number of aliphatic imine (C=N–C) groups is 1. The van der Waals surface area contributed by atoms with Gasteiger partial charge in [-0.3, -0.25) is 14.7 Å². The standard InChI is InChI=1S/C18H25IN2O/c1-2-3-8-18(20-17-6-4-5-7-17)21(14-22)13-15-9-11-16(19)12-10-15/h9-12,14,17H,2-8,13H2,1H3. The monoisotopic (exact) mass is 412 g/mol. The third kappa shape index (κ3) is 5.38. The van der Waals surface area contributed by atoms with E-state index in [1.807, 2.05) is 0 Å². The molecule has 0 unspecified atom stereocenters. The molecule has 4 heteroatoms. The molecule has 0 spiro atoms. The second-order valence-electron chi connectivity index (χ2n) is 5.95. The van der Waals surface area contributed by atoms with Crippen molar-refractivity contribution < 1.29 is 4.79 Å². The lowest BCUT2D eigenvalue weighted by Gasteiger charge is -2.21. The van der Waals surface area contributed by atoms with Gasteiger partial charge < -0.3 is 0 Å². The van der Waals surface area contributed by atoms with Gasteiger partial charge in [0.05, 0.1) is 12.6 Å². The lowest BCUT2D eigenvalue weighted by molar-refractivity contribution is -0.115. The predicted octanol–water partition coefficient (Wildman–Crippen LogP) is 4.78. The van der Waals surface area contributed by atoms with Gasteiger partial charge in [-0.05, 0) is 59.5 Å². The highest BCUT2D eigenvalue weighted by atomic mass is 127. The maximum Gasteiger partial charge on any atom is 0.215 e. The molecule has 1 fully saturated rings. The van der Waals surface area contributed by atoms with E-state index in [0.717, 1.165) is 37.1 Å². The Hall–Kier alpha value is -0.910. The molecule has 2 rings (SSSR count). The minimum Gasteiger partial charge on any atom is -0.299 e. The van der Waals surface area contributed by atoms with Crippen LogP contribution in [0.2, 0.25) is 0 Å². The van der Waals surface area contributed by atoms with Crippen LogP contribution in [0.1, 0.15) is 57.4 Å². The van der Waals surface area contributed by atoms with E-state index in [1.165, 1.54) is 29.3 Å². The molecule has 0 heterocycles. The van der Waals surface area contributed by atoms with Crippen molar-refractivity contribution in [2.75, 3.05) is 0 Å². The molecule has 1 amide bonds. The van der Waals surface area contributed by atoms with Crippen molar-refractivity contribution in [3.05, 3.63) is 33.4 Å². The second kappa shape index (κ2) is 9.28. The zero-order chi connectivity index (χ0) is 15.8. The Morgan fingerprint density at radius 1 is 1.32 bits per heavy atom. The highest BCUT2D eigenvalue weighted by Crippen LogP contribution is 2.22. The van der Waals surface area contributed by atoms with Crippen molar-refractivity contribution in [2.45, 2.75) is 64.5 Å². The molecule has 1 aromatic rings. The van der Waals surface area contributed by atoms with Gasteiger partial charge in [0, 0.05) is 9.99 Å². The molecule has 0 radical (unpaired) electrons. The Kier molecular flexibility index (Phi) is 7.36. The minimum atomic E-state index is 0.422. The maximum atomic E-state index is 11.6. The summed E-state index contributed by atoms with van der Waals surface area (Å²) in [5.41, 5.74) is 1.16. The van der Waals surface area contributed by atoms with Gasteiger partial charge in [-0.2, -0.15) is 0 Å². The Balaban J connectivity index is 2.10. The molecule has 120 valence electrons. The van der Waals surface area contributed by atoms with Gasteiger partial charge in [-0.1, -0.05) is 38.3 Å². The van der Waals surface area contributed by atoms with E-state index >= 15 is 0 Å². The van der Waals surface area contributed by atoms with Crippen LogP contribution >= 0.6 is 22.6 Å². The summed E-state index contributed by atoms with van der Waals surface area (Å²) in [6.07, 6.45) is 8.94. The smallest absolute Gasteiger partial charge is 0.215 e. The Bertz CT molecular complexity index is 492. The number of hydrogen-bond donors (Lipinski definition) is 0. The number of carbonyl (C=O) groups excluding carboxylic acids is 1. The predicted molar refractivity (Wildman–Crippen MR) is 100.0 cm³/mol. The lowest BCUT2D eigenvalue weighted by Crippen LogP contribution is -2.30. The molecular formula is C18H25IN2O. The third-order valence-corrected chi connectivity index (χ3v) is 4.85. The number of hydrogen-bond acceptors (Lipinski definition) is 2. The lowest BCUT2D eigenvalue weighted by atomic mass is 10.1. The SMILES string of the molecule is CCCCC(=NC1CCCC1)N(C=O)Cc1ccc(I)cc1. The van der Waals surface area contributed by atoms with Crippen molar-refractivity contribution in [2.24, 2.45) is 4.99 Å². The van der Waals surface area contributed by atoms with Crippen LogP contribution in [0.5, 0.6) is 0 Å². The van der Waals surface area contributed by atoms with Crippen LogP contribution < -0.4 is 0 Å². The van der Waals surface area contributed by atoms with Crippen molar-refractivity contribution >= 4 is 34.8 Å². The van der Waals surface area contributed by atoms with E-state index in [4.69, 9.17) is 4.99 Å². The van der Waals surface area contributed by atoms with Gasteiger partial charge in [-0.15, -0.1) is 0 Å². The molecule has 1 saturated carbocycles. The summed E-state index contributed by atoms with van der Waals surface area (Å²) in [5, 5.41) is 0. The summed E-state index contributed by atoms with van der Waals surface area (Å²) in [4.78, 5) is 18.3. The molecule has 1 aliphatic rings. The van der Waals surface area contributed by atoms with E-state index in [2.05, 4.69) is 53.8 Å². The Morgan fingerprint density at radius 3 is 2.59 bits per heavy atom. The van der Waals surface area contributed by atoms with Gasteiger partial charge in [-0.25, -0.2) is 0 Å². The number of amides is 1. The number of nitrogens with zero attached hydrogens (tertiary/aromatic N) is 2. The van der Waals surface area contributed by atoms with E-state index in [1.54, 1.807) is 4.90 Å². The highest BCUT2D eigenvalue weighted by Gasteiger charge is 2.17. The molecule has 0 saturated heterocycles. The van der Waals surface area contributed by atoms with Gasteiger partial charge in [0.1, 0.15) is 5.84 Å². The van der Waals surface area contributed by atoms with E-state index in [-0.39, 0.29) is 0 Å². The first-order valence-corrected chi connectivity index (χ1v) is 9.34. The van der Waals surface area contributed by atoms with Crippen LogP contribution in [0.4, 0.5) is 0 Å². The van der Waals surface area contributed by atoms with Crippen LogP contribution in [0.3, 0.4) is 0 Å². The minimum absolute atomic E-state index is 0.422. The summed E-state index contributed by atoms with van der Waals surface area (Å²) < 4.78 is 1.21. The zero-order valence-electron chi connectivity index (χ0n) is 13.3. The van der Waals surface area contributed by atoms with E-state index in [9.17, 15) is 4.79 Å². The summed E-state index contributed by atoms with van der Waals surface area (Å²) in [6, 6.07) is 8.76. The number of benzene rings is 1. The van der Waals surface area contributed by atoms with E-state index < -0.39 is 0 Å². The van der Waals surface area contributed by atoms with Crippen molar-refractivity contribution in [3.8, 4) is 0 Å². The fourth-order valence-corrected chi connectivity index (χ4v) is 3.20. The molecule has 0 bridgehead atoms. The number of rotatable bonds is 7. The number of unbranched alkanes of at least 4 members (excludes halogenated alkanes) is 1. The van der Waals surface area contributed by atoms with Gasteiger partial charge in [0.15, 0.2) is 0 Å². The Morgan fingerprint density at radius 2 is 2.00 bits per heavy atom. The van der Waals surface area contributed by atoms with Gasteiger partial charge in [0.2, 0.25) is 6.41 Å². The fraction of sp³-hybridized carbons (Fsp3) is 0.556. The fourth-order valence-electron chi connectivity index (χ4n) is 2.84. The number of halogens is 1. The molecular weight excluding hydrogens is 387 g/mol. The number of amidine groups is 1. The molecule has 22 heavy (non-hydrogen) atoms. The molecule has 1 aliphatic carbocycles. The first kappa shape index (κ1) is 17.4. The average molecular weight is 412 g/mol. The molecule has 0 atom stereocenters. The van der Waals surface area contributed by atoms with Crippen molar-refractivity contribution in [1.82, 2.24) is 4.90 Å². The van der Waals surface area contributed by atoms with Gasteiger partial charge >= 0.3 is 0 Å². The Labute approximate surface area is 147 Å². The summed E-state index contributed by atoms with van der Waals surface area (Å²) >= 11 is 2.30. The zero-order valence-corrected chi connectivity index (χ0v) is 15.5. The first-order chi connectivity index (χ1) is 10.7. The third-order valence-electron chi connectivity index (χ3n) is 4.14. The normalized spacial score (nSPS) is 16.0. The largest absolute Gasteiger partial charge is 0.299 e. The van der Waals surface area contributed by atoms with Gasteiger partial charge in [0.25, 0.3) is 0 Å². The average Bonchev–Trinajstić information content (AvgIpc) is 3.04. The van der Waals surface area contributed by atoms with Crippen LogP contribution in [-0.4, -0.2) is 23.2 Å². The van der Waals surface area contributed by atoms with Crippen LogP contribution in [-0.2, 0) is 11.3 Å². The number of carbonyl (C=O) groups is 1. The molecule has 3 nitrogen and oxygen atoms in total. The van der Waals surface area contributed by atoms with Crippen molar-refractivity contribution in [1.29, 1.82) is 0 Å². The van der Waals surface area contributed by atoms with Crippen LogP contribution in [0.25, 0.3) is 0 Å².